The van der Waals surface area contributed by atoms with E-state index in [0.717, 1.165) is 22.3 Å². The third kappa shape index (κ3) is 5.81. The lowest BCUT2D eigenvalue weighted by atomic mass is 9.85. The third-order valence-corrected chi connectivity index (χ3v) is 6.78. The molecule has 6 nitrogen and oxygen atoms in total. The van der Waals surface area contributed by atoms with Crippen LogP contribution in [0.1, 0.15) is 54.6 Å². The van der Waals surface area contributed by atoms with E-state index in [-0.39, 0.29) is 29.9 Å². The van der Waals surface area contributed by atoms with Crippen LogP contribution in [0, 0.1) is 6.92 Å². The summed E-state index contributed by atoms with van der Waals surface area (Å²) in [6.07, 6.45) is 0. The van der Waals surface area contributed by atoms with Crippen LogP contribution in [0.4, 0.5) is 0 Å². The lowest BCUT2D eigenvalue weighted by Crippen LogP contribution is -2.32. The molecule has 1 aliphatic rings. The molecule has 1 aliphatic heterocycles. The summed E-state index contributed by atoms with van der Waals surface area (Å²) >= 11 is 0. The number of aliphatic hydroxyl groups excluding tert-OH is 1. The molecule has 0 spiro atoms. The standard InChI is InChI=1S/C32H35NO5/c1-21-7-6-8-22(19-21)20-38-26-15-11-24(12-16-26)29(34)27-28(33(17-18-37-5)31(36)30(27)35)23-9-13-25(14-10-23)32(2,3)4/h6-16,19,28,34H,17-18,20H2,1-5H3/b29-27+. The number of likely N-dealkylation sites (tertiary alicyclic amines) is 1. The Morgan fingerprint density at radius 1 is 0.974 bits per heavy atom. The molecule has 0 bridgehead atoms. The molecule has 1 heterocycles. The Morgan fingerprint density at radius 2 is 1.66 bits per heavy atom. The molecule has 0 aromatic heterocycles. The lowest BCUT2D eigenvalue weighted by molar-refractivity contribution is -0.140. The highest BCUT2D eigenvalue weighted by atomic mass is 16.5. The van der Waals surface area contributed by atoms with Gasteiger partial charge in [0.25, 0.3) is 11.7 Å². The fourth-order valence-electron chi connectivity index (χ4n) is 4.65. The van der Waals surface area contributed by atoms with E-state index in [1.165, 1.54) is 4.90 Å². The van der Waals surface area contributed by atoms with Gasteiger partial charge in [-0.1, -0.05) is 74.9 Å². The molecule has 1 unspecified atom stereocenters. The summed E-state index contributed by atoms with van der Waals surface area (Å²) in [5.74, 6) is -0.925. The van der Waals surface area contributed by atoms with Gasteiger partial charge in [-0.15, -0.1) is 0 Å². The number of rotatable bonds is 8. The van der Waals surface area contributed by atoms with Crippen molar-refractivity contribution in [3.05, 3.63) is 106 Å². The van der Waals surface area contributed by atoms with Crippen molar-refractivity contribution < 1.29 is 24.2 Å². The second-order valence-electron chi connectivity index (χ2n) is 10.7. The number of carbonyl (C=O) groups excluding carboxylic acids is 2. The largest absolute Gasteiger partial charge is 0.507 e. The molecule has 1 fully saturated rings. The average molecular weight is 514 g/mol. The van der Waals surface area contributed by atoms with Crippen molar-refractivity contribution in [1.82, 2.24) is 4.90 Å². The minimum Gasteiger partial charge on any atom is -0.507 e. The number of methoxy groups -OCH3 is 1. The van der Waals surface area contributed by atoms with Crippen LogP contribution >= 0.6 is 0 Å². The Balaban J connectivity index is 1.65. The van der Waals surface area contributed by atoms with E-state index in [1.54, 1.807) is 31.4 Å². The summed E-state index contributed by atoms with van der Waals surface area (Å²) in [7, 11) is 1.55. The fourth-order valence-corrected chi connectivity index (χ4v) is 4.65. The van der Waals surface area contributed by atoms with Gasteiger partial charge in [-0.05, 0) is 53.3 Å². The van der Waals surface area contributed by atoms with Crippen LogP contribution in [0.25, 0.3) is 5.76 Å². The maximum Gasteiger partial charge on any atom is 0.295 e. The van der Waals surface area contributed by atoms with Crippen molar-refractivity contribution in [2.24, 2.45) is 0 Å². The molecule has 198 valence electrons. The van der Waals surface area contributed by atoms with Gasteiger partial charge in [0.15, 0.2) is 0 Å². The molecule has 1 atom stereocenters. The molecule has 0 saturated carbocycles. The lowest BCUT2D eigenvalue weighted by Gasteiger charge is -2.26. The van der Waals surface area contributed by atoms with E-state index in [2.05, 4.69) is 26.8 Å². The molecular weight excluding hydrogens is 478 g/mol. The summed E-state index contributed by atoms with van der Waals surface area (Å²) in [5.41, 5.74) is 4.59. The minimum atomic E-state index is -0.712. The number of aryl methyl sites for hydroxylation is 1. The predicted octanol–water partition coefficient (Wildman–Crippen LogP) is 5.94. The van der Waals surface area contributed by atoms with Crippen LogP contribution < -0.4 is 4.74 Å². The second-order valence-corrected chi connectivity index (χ2v) is 10.7. The molecular formula is C32H35NO5. The first kappa shape index (κ1) is 27.1. The van der Waals surface area contributed by atoms with Gasteiger partial charge >= 0.3 is 0 Å². The SMILES string of the molecule is COCCN1C(=O)C(=O)/C(=C(/O)c2ccc(OCc3cccc(C)c3)cc2)C1c1ccc(C(C)(C)C)cc1. The van der Waals surface area contributed by atoms with Crippen molar-refractivity contribution in [1.29, 1.82) is 0 Å². The van der Waals surface area contributed by atoms with Crippen molar-refractivity contribution >= 4 is 17.4 Å². The quantitative estimate of drug-likeness (QED) is 0.229. The highest BCUT2D eigenvalue weighted by molar-refractivity contribution is 6.46. The van der Waals surface area contributed by atoms with Crippen LogP contribution in [0.15, 0.2) is 78.4 Å². The number of hydrogen-bond acceptors (Lipinski definition) is 5. The second kappa shape index (κ2) is 11.2. The van der Waals surface area contributed by atoms with Gasteiger partial charge < -0.3 is 19.5 Å². The zero-order valence-corrected chi connectivity index (χ0v) is 22.7. The Morgan fingerprint density at radius 3 is 2.26 bits per heavy atom. The molecule has 3 aromatic rings. The van der Waals surface area contributed by atoms with Gasteiger partial charge in [-0.2, -0.15) is 0 Å². The van der Waals surface area contributed by atoms with Crippen LogP contribution in [-0.2, 0) is 26.3 Å². The van der Waals surface area contributed by atoms with E-state index in [4.69, 9.17) is 9.47 Å². The van der Waals surface area contributed by atoms with Crippen molar-refractivity contribution in [2.45, 2.75) is 45.8 Å². The normalized spacial score (nSPS) is 17.2. The van der Waals surface area contributed by atoms with Crippen molar-refractivity contribution in [2.75, 3.05) is 20.3 Å². The van der Waals surface area contributed by atoms with Crippen molar-refractivity contribution in [3.8, 4) is 5.75 Å². The smallest absolute Gasteiger partial charge is 0.295 e. The van der Waals surface area contributed by atoms with Gasteiger partial charge in [0.05, 0.1) is 18.2 Å². The van der Waals surface area contributed by atoms with E-state index in [1.807, 2.05) is 49.4 Å². The van der Waals surface area contributed by atoms with Crippen LogP contribution in [0.3, 0.4) is 0 Å². The number of carbonyl (C=O) groups is 2. The molecule has 4 rings (SSSR count). The number of amides is 1. The van der Waals surface area contributed by atoms with E-state index in [9.17, 15) is 14.7 Å². The van der Waals surface area contributed by atoms with Crippen LogP contribution in [-0.4, -0.2) is 42.0 Å². The number of hydrogen-bond donors (Lipinski definition) is 1. The van der Waals surface area contributed by atoms with Gasteiger partial charge in [0, 0.05) is 19.2 Å². The number of ether oxygens (including phenoxy) is 2. The molecule has 1 N–H and O–H groups in total. The molecule has 3 aromatic carbocycles. The summed E-state index contributed by atoms with van der Waals surface area (Å²) in [5, 5.41) is 11.3. The Bertz CT molecular complexity index is 1330. The molecule has 6 heteroatoms. The maximum atomic E-state index is 13.2. The van der Waals surface area contributed by atoms with Crippen molar-refractivity contribution in [3.63, 3.8) is 0 Å². The summed E-state index contributed by atoms with van der Waals surface area (Å²) in [6, 6.07) is 22.1. The van der Waals surface area contributed by atoms with Gasteiger partial charge in [0.1, 0.15) is 18.1 Å². The number of ketones is 1. The number of Topliss-reactive ketones (excluding diaryl/α,β-unsaturated/α-hetero) is 1. The number of aliphatic hydroxyl groups is 1. The molecule has 38 heavy (non-hydrogen) atoms. The summed E-state index contributed by atoms with van der Waals surface area (Å²) in [6.45, 7) is 9.34. The maximum absolute atomic E-state index is 13.2. The first-order chi connectivity index (χ1) is 18.1. The van der Waals surface area contributed by atoms with Gasteiger partial charge in [-0.3, -0.25) is 9.59 Å². The highest BCUT2D eigenvalue weighted by Crippen LogP contribution is 2.40. The Labute approximate surface area is 224 Å². The minimum absolute atomic E-state index is 0.0421. The first-order valence-electron chi connectivity index (χ1n) is 12.8. The zero-order chi connectivity index (χ0) is 27.4. The molecule has 1 amide bonds. The van der Waals surface area contributed by atoms with Crippen LogP contribution in [0.2, 0.25) is 0 Å². The third-order valence-electron chi connectivity index (χ3n) is 6.78. The topological polar surface area (TPSA) is 76.1 Å². The predicted molar refractivity (Wildman–Crippen MR) is 148 cm³/mol. The molecule has 0 aliphatic carbocycles. The first-order valence-corrected chi connectivity index (χ1v) is 12.8. The average Bonchev–Trinajstić information content (AvgIpc) is 3.15. The van der Waals surface area contributed by atoms with Crippen LogP contribution in [0.5, 0.6) is 5.75 Å². The van der Waals surface area contributed by atoms with E-state index in [0.29, 0.717) is 17.9 Å². The Hall–Kier alpha value is -3.90. The molecule has 0 radical (unpaired) electrons. The summed E-state index contributed by atoms with van der Waals surface area (Å²) in [4.78, 5) is 27.7. The fraction of sp³-hybridized carbons (Fsp3) is 0.312. The van der Waals surface area contributed by atoms with E-state index >= 15 is 0 Å². The monoisotopic (exact) mass is 513 g/mol. The highest BCUT2D eigenvalue weighted by Gasteiger charge is 2.45. The zero-order valence-electron chi connectivity index (χ0n) is 22.7. The number of nitrogens with zero attached hydrogens (tertiary/aromatic N) is 1. The Kier molecular flexibility index (Phi) is 8.02. The molecule has 1 saturated heterocycles. The van der Waals surface area contributed by atoms with Gasteiger partial charge in [0.2, 0.25) is 0 Å². The van der Waals surface area contributed by atoms with Gasteiger partial charge in [-0.25, -0.2) is 0 Å². The summed E-state index contributed by atoms with van der Waals surface area (Å²) < 4.78 is 11.1. The van der Waals surface area contributed by atoms with E-state index < -0.39 is 17.7 Å². The number of benzene rings is 3.